The fourth-order valence-electron chi connectivity index (χ4n) is 3.50. The van der Waals surface area contributed by atoms with Gasteiger partial charge in [0, 0.05) is 36.0 Å². The van der Waals surface area contributed by atoms with Gasteiger partial charge < -0.3 is 15.5 Å². The first-order valence-corrected chi connectivity index (χ1v) is 9.46. The van der Waals surface area contributed by atoms with Crippen molar-refractivity contribution in [1.29, 1.82) is 0 Å². The molecule has 0 spiro atoms. The summed E-state index contributed by atoms with van der Waals surface area (Å²) < 4.78 is 0. The molecule has 2 N–H and O–H groups in total. The summed E-state index contributed by atoms with van der Waals surface area (Å²) in [6.07, 6.45) is 3.33. The minimum atomic E-state index is -0.222. The molecule has 2 aromatic carbocycles. The van der Waals surface area contributed by atoms with Crippen LogP contribution in [0.1, 0.15) is 12.8 Å². The molecule has 3 amide bonds. The number of likely N-dealkylation sites (tertiary alicyclic amines) is 1. The second-order valence-corrected chi connectivity index (χ2v) is 6.98. The van der Waals surface area contributed by atoms with Gasteiger partial charge >= 0.3 is 6.03 Å². The van der Waals surface area contributed by atoms with Crippen molar-refractivity contribution >= 4 is 34.2 Å². The van der Waals surface area contributed by atoms with Crippen molar-refractivity contribution in [2.75, 3.05) is 23.7 Å². The second kappa shape index (κ2) is 8.08. The number of para-hydroxylation sites is 1. The monoisotopic (exact) mass is 374 g/mol. The maximum Gasteiger partial charge on any atom is 0.321 e. The fraction of sp³-hybridized carbons (Fsp3) is 0.227. The zero-order valence-corrected chi connectivity index (χ0v) is 15.5. The van der Waals surface area contributed by atoms with E-state index >= 15 is 0 Å². The van der Waals surface area contributed by atoms with Crippen LogP contribution in [-0.4, -0.2) is 34.9 Å². The molecule has 1 fully saturated rings. The van der Waals surface area contributed by atoms with Crippen LogP contribution in [0.15, 0.2) is 66.9 Å². The molecular weight excluding hydrogens is 352 g/mol. The Kier molecular flexibility index (Phi) is 5.19. The number of piperidine rings is 1. The number of fused-ring (bicyclic) bond motifs is 1. The first-order chi connectivity index (χ1) is 13.7. The summed E-state index contributed by atoms with van der Waals surface area (Å²) in [5, 5.41) is 6.86. The van der Waals surface area contributed by atoms with Crippen molar-refractivity contribution in [1.82, 2.24) is 9.88 Å². The van der Waals surface area contributed by atoms with Crippen LogP contribution < -0.4 is 10.6 Å². The van der Waals surface area contributed by atoms with Gasteiger partial charge in [0.1, 0.15) is 0 Å². The van der Waals surface area contributed by atoms with Gasteiger partial charge in [-0.2, -0.15) is 0 Å². The summed E-state index contributed by atoms with van der Waals surface area (Å²) >= 11 is 0. The van der Waals surface area contributed by atoms with Crippen molar-refractivity contribution in [2.45, 2.75) is 12.8 Å². The van der Waals surface area contributed by atoms with Gasteiger partial charge in [-0.15, -0.1) is 0 Å². The van der Waals surface area contributed by atoms with Crippen LogP contribution >= 0.6 is 0 Å². The van der Waals surface area contributed by atoms with E-state index in [-0.39, 0.29) is 17.9 Å². The van der Waals surface area contributed by atoms with E-state index < -0.39 is 0 Å². The summed E-state index contributed by atoms with van der Waals surface area (Å²) in [6, 6.07) is 18.7. The van der Waals surface area contributed by atoms with Gasteiger partial charge in [0.25, 0.3) is 0 Å². The van der Waals surface area contributed by atoms with Crippen LogP contribution in [-0.2, 0) is 4.79 Å². The van der Waals surface area contributed by atoms with Gasteiger partial charge in [-0.05, 0) is 49.2 Å². The molecule has 0 saturated carbocycles. The van der Waals surface area contributed by atoms with Crippen LogP contribution in [0, 0.1) is 5.92 Å². The highest BCUT2D eigenvalue weighted by Crippen LogP contribution is 2.22. The third-order valence-electron chi connectivity index (χ3n) is 4.97. The molecule has 1 aliphatic heterocycles. The number of anilines is 2. The Morgan fingerprint density at radius 3 is 2.68 bits per heavy atom. The Bertz CT molecular complexity index is 990. The predicted molar refractivity (Wildman–Crippen MR) is 110 cm³/mol. The van der Waals surface area contributed by atoms with E-state index in [9.17, 15) is 9.59 Å². The number of nitrogens with zero attached hydrogens (tertiary/aromatic N) is 2. The molecule has 6 heteroatoms. The van der Waals surface area contributed by atoms with Crippen LogP contribution in [0.4, 0.5) is 16.2 Å². The first kappa shape index (κ1) is 18.0. The Morgan fingerprint density at radius 1 is 0.964 bits per heavy atom. The molecule has 1 atom stereocenters. The van der Waals surface area contributed by atoms with Gasteiger partial charge in [-0.25, -0.2) is 4.79 Å². The molecule has 142 valence electrons. The van der Waals surface area contributed by atoms with Crippen molar-refractivity contribution in [2.24, 2.45) is 5.92 Å². The third-order valence-corrected chi connectivity index (χ3v) is 4.97. The van der Waals surface area contributed by atoms with Gasteiger partial charge in [-0.1, -0.05) is 24.3 Å². The summed E-state index contributed by atoms with van der Waals surface area (Å²) in [5.41, 5.74) is 2.39. The van der Waals surface area contributed by atoms with Gasteiger partial charge in [0.2, 0.25) is 5.91 Å². The second-order valence-electron chi connectivity index (χ2n) is 6.98. The molecule has 1 saturated heterocycles. The average molecular weight is 374 g/mol. The number of amides is 3. The van der Waals surface area contributed by atoms with E-state index in [2.05, 4.69) is 15.6 Å². The zero-order chi connectivity index (χ0) is 19.3. The average Bonchev–Trinajstić information content (AvgIpc) is 2.74. The van der Waals surface area contributed by atoms with Crippen molar-refractivity contribution in [3.63, 3.8) is 0 Å². The van der Waals surface area contributed by atoms with Gasteiger partial charge in [0.05, 0.1) is 11.4 Å². The number of rotatable bonds is 3. The predicted octanol–water partition coefficient (Wildman–Crippen LogP) is 4.12. The summed E-state index contributed by atoms with van der Waals surface area (Å²) in [6.45, 7) is 1.07. The molecule has 3 aromatic rings. The summed E-state index contributed by atoms with van der Waals surface area (Å²) in [4.78, 5) is 31.3. The lowest BCUT2D eigenvalue weighted by Crippen LogP contribution is -2.45. The van der Waals surface area contributed by atoms with Crippen LogP contribution in [0.2, 0.25) is 0 Å². The highest BCUT2D eigenvalue weighted by atomic mass is 16.2. The molecule has 6 nitrogen and oxygen atoms in total. The molecule has 1 aromatic heterocycles. The normalized spacial score (nSPS) is 16.6. The minimum Gasteiger partial charge on any atom is -0.326 e. The molecule has 2 heterocycles. The molecule has 0 aliphatic carbocycles. The van der Waals surface area contributed by atoms with Crippen LogP contribution in [0.3, 0.4) is 0 Å². The largest absolute Gasteiger partial charge is 0.326 e. The molecule has 1 aliphatic rings. The third kappa shape index (κ3) is 4.11. The van der Waals surface area contributed by atoms with E-state index in [4.69, 9.17) is 0 Å². The Hall–Kier alpha value is -3.41. The van der Waals surface area contributed by atoms with Crippen molar-refractivity contribution in [3.05, 3.63) is 66.9 Å². The Balaban J connectivity index is 1.39. The SMILES string of the molecule is O=C(Nc1ccc2ncccc2c1)C1CCCN(C(=O)Nc2ccccc2)C1. The lowest BCUT2D eigenvalue weighted by Gasteiger charge is -2.32. The highest BCUT2D eigenvalue weighted by molar-refractivity contribution is 5.96. The molecule has 1 unspecified atom stereocenters. The lowest BCUT2D eigenvalue weighted by atomic mass is 9.97. The maximum atomic E-state index is 12.7. The molecule has 28 heavy (non-hydrogen) atoms. The number of hydrogen-bond acceptors (Lipinski definition) is 3. The van der Waals surface area contributed by atoms with E-state index in [1.165, 1.54) is 0 Å². The van der Waals surface area contributed by atoms with E-state index in [1.54, 1.807) is 11.1 Å². The number of urea groups is 1. The molecular formula is C22H22N4O2. The lowest BCUT2D eigenvalue weighted by molar-refractivity contribution is -0.121. The van der Waals surface area contributed by atoms with Gasteiger partial charge in [-0.3, -0.25) is 9.78 Å². The van der Waals surface area contributed by atoms with E-state index in [0.29, 0.717) is 13.1 Å². The smallest absolute Gasteiger partial charge is 0.321 e. The van der Waals surface area contributed by atoms with Crippen LogP contribution in [0.25, 0.3) is 10.9 Å². The Morgan fingerprint density at radius 2 is 1.82 bits per heavy atom. The number of hydrogen-bond donors (Lipinski definition) is 2. The Labute approximate surface area is 163 Å². The first-order valence-electron chi connectivity index (χ1n) is 9.46. The molecule has 4 rings (SSSR count). The topological polar surface area (TPSA) is 74.3 Å². The summed E-state index contributed by atoms with van der Waals surface area (Å²) in [7, 11) is 0. The highest BCUT2D eigenvalue weighted by Gasteiger charge is 2.28. The number of benzene rings is 2. The molecule has 0 bridgehead atoms. The standard InChI is InChI=1S/C22H22N4O2/c27-21(24-19-10-11-20-16(14-19)6-4-12-23-20)17-7-5-13-26(15-17)22(28)25-18-8-2-1-3-9-18/h1-4,6,8-12,14,17H,5,7,13,15H2,(H,24,27)(H,25,28). The minimum absolute atomic E-state index is 0.0551. The number of pyridine rings is 1. The number of carbonyl (C=O) groups excluding carboxylic acids is 2. The van der Waals surface area contributed by atoms with Gasteiger partial charge in [0.15, 0.2) is 0 Å². The van der Waals surface area contributed by atoms with E-state index in [1.807, 2.05) is 60.7 Å². The summed E-state index contributed by atoms with van der Waals surface area (Å²) in [5.74, 6) is -0.277. The zero-order valence-electron chi connectivity index (χ0n) is 15.5. The van der Waals surface area contributed by atoms with Crippen molar-refractivity contribution in [3.8, 4) is 0 Å². The van der Waals surface area contributed by atoms with Crippen LogP contribution in [0.5, 0.6) is 0 Å². The molecule has 0 radical (unpaired) electrons. The quantitative estimate of drug-likeness (QED) is 0.724. The van der Waals surface area contributed by atoms with Crippen molar-refractivity contribution < 1.29 is 9.59 Å². The maximum absolute atomic E-state index is 12.7. The number of aromatic nitrogens is 1. The fourth-order valence-corrected chi connectivity index (χ4v) is 3.50. The van der Waals surface area contributed by atoms with E-state index in [0.717, 1.165) is 35.1 Å². The number of nitrogens with one attached hydrogen (secondary N) is 2. The number of carbonyl (C=O) groups is 2.